The van der Waals surface area contributed by atoms with Gasteiger partial charge in [-0.3, -0.25) is 4.79 Å². The molecule has 0 unspecified atom stereocenters. The molecule has 1 aliphatic heterocycles. The van der Waals surface area contributed by atoms with Crippen LogP contribution in [0.25, 0.3) is 33.5 Å². The summed E-state index contributed by atoms with van der Waals surface area (Å²) in [6.07, 6.45) is 5.16. The highest BCUT2D eigenvalue weighted by atomic mass is 32.1. The van der Waals surface area contributed by atoms with Crippen LogP contribution in [0.3, 0.4) is 0 Å². The molecular weight excluding hydrogens is 352 g/mol. The van der Waals surface area contributed by atoms with Gasteiger partial charge in [-0.25, -0.2) is 0 Å². The van der Waals surface area contributed by atoms with Crippen molar-refractivity contribution in [1.82, 2.24) is 10.3 Å². The van der Waals surface area contributed by atoms with E-state index in [1.165, 1.54) is 15.0 Å². The summed E-state index contributed by atoms with van der Waals surface area (Å²) < 4.78 is 1.31. The predicted molar refractivity (Wildman–Crippen MR) is 113 cm³/mol. The van der Waals surface area contributed by atoms with Gasteiger partial charge in [0.1, 0.15) is 0 Å². The van der Waals surface area contributed by atoms with Crippen molar-refractivity contribution in [3.8, 4) is 11.3 Å². The number of H-pyrrole nitrogens is 1. The number of thiophene rings is 1. The number of aromatic nitrogens is 1. The minimum Gasteiger partial charge on any atom is -0.358 e. The lowest BCUT2D eigenvalue weighted by Crippen LogP contribution is -2.31. The van der Waals surface area contributed by atoms with Gasteiger partial charge in [-0.1, -0.05) is 42.5 Å². The van der Waals surface area contributed by atoms with Crippen LogP contribution in [0.5, 0.6) is 0 Å². The second-order valence-corrected chi connectivity index (χ2v) is 7.84. The molecule has 0 fully saturated rings. The predicted octanol–water partition coefficient (Wildman–Crippen LogP) is 5.35. The molecule has 0 atom stereocenters. The lowest BCUT2D eigenvalue weighted by Gasteiger charge is -2.10. The van der Waals surface area contributed by atoms with Gasteiger partial charge in [0.25, 0.3) is 5.91 Å². The summed E-state index contributed by atoms with van der Waals surface area (Å²) in [5.74, 6) is 0.0135. The first-order valence-electron chi connectivity index (χ1n) is 9.03. The normalized spacial score (nSPS) is 13.9. The Labute approximate surface area is 161 Å². The fourth-order valence-electron chi connectivity index (χ4n) is 3.52. The molecule has 0 spiro atoms. The molecule has 4 aromatic rings. The molecule has 0 aliphatic carbocycles. The van der Waals surface area contributed by atoms with Crippen molar-refractivity contribution in [2.75, 3.05) is 6.54 Å². The number of benzene rings is 2. The Kier molecular flexibility index (Phi) is 3.91. The molecule has 0 radical (unpaired) electrons. The van der Waals surface area contributed by atoms with Crippen LogP contribution >= 0.6 is 11.3 Å². The summed E-state index contributed by atoms with van der Waals surface area (Å²) in [5.41, 5.74) is 5.02. The number of nitrogens with one attached hydrogen (secondary N) is 2. The van der Waals surface area contributed by atoms with Crippen LogP contribution < -0.4 is 5.32 Å². The number of amides is 1. The number of rotatable bonds is 3. The minimum absolute atomic E-state index is 0.0135. The maximum absolute atomic E-state index is 12.0. The molecule has 4 heteroatoms. The van der Waals surface area contributed by atoms with Gasteiger partial charge in [-0.05, 0) is 46.9 Å². The van der Waals surface area contributed by atoms with Gasteiger partial charge in [0.05, 0.1) is 5.56 Å². The summed E-state index contributed by atoms with van der Waals surface area (Å²) in [7, 11) is 0. The molecule has 2 aromatic heterocycles. The van der Waals surface area contributed by atoms with E-state index in [1.54, 1.807) is 11.3 Å². The molecule has 3 nitrogen and oxygen atoms in total. The second kappa shape index (κ2) is 6.56. The summed E-state index contributed by atoms with van der Waals surface area (Å²) in [5, 5.41) is 4.18. The molecule has 27 heavy (non-hydrogen) atoms. The lowest BCUT2D eigenvalue weighted by molar-refractivity contribution is 0.0946. The first kappa shape index (κ1) is 16.1. The third-order valence-electron chi connectivity index (χ3n) is 4.89. The fourth-order valence-corrected chi connectivity index (χ4v) is 4.49. The van der Waals surface area contributed by atoms with Crippen LogP contribution in [-0.4, -0.2) is 17.4 Å². The Hall–Kier alpha value is -3.11. The van der Waals surface area contributed by atoms with Gasteiger partial charge in [0.2, 0.25) is 0 Å². The molecular formula is C23H18N2OS. The van der Waals surface area contributed by atoms with Crippen LogP contribution in [-0.2, 0) is 6.42 Å². The van der Waals surface area contributed by atoms with E-state index in [0.717, 1.165) is 34.5 Å². The Balaban J connectivity index is 1.44. The zero-order valence-electron chi connectivity index (χ0n) is 14.7. The quantitative estimate of drug-likeness (QED) is 0.501. The molecule has 3 heterocycles. The van der Waals surface area contributed by atoms with Crippen molar-refractivity contribution in [3.05, 3.63) is 82.4 Å². The zero-order chi connectivity index (χ0) is 18.2. The van der Waals surface area contributed by atoms with E-state index in [9.17, 15) is 4.79 Å². The monoisotopic (exact) mass is 370 g/mol. The van der Waals surface area contributed by atoms with Gasteiger partial charge in [-0.2, -0.15) is 0 Å². The molecule has 1 amide bonds. The summed E-state index contributed by atoms with van der Waals surface area (Å²) in [6, 6.07) is 21.0. The molecule has 0 saturated carbocycles. The standard InChI is InChI=1S/C23H18N2OS/c26-23-19-14-21(25-20(19)10-11-24-23)16-6-3-4-15(12-16)8-9-18-13-17-5-1-2-7-22(17)27-18/h1-9,12-14,25H,10-11H2,(H,24,26)/b9-8+. The van der Waals surface area contributed by atoms with Crippen LogP contribution in [0.15, 0.2) is 60.7 Å². The lowest BCUT2D eigenvalue weighted by atomic mass is 10.1. The highest BCUT2D eigenvalue weighted by Gasteiger charge is 2.19. The van der Waals surface area contributed by atoms with E-state index in [2.05, 4.69) is 77.1 Å². The number of hydrogen-bond acceptors (Lipinski definition) is 2. The zero-order valence-corrected chi connectivity index (χ0v) is 15.5. The number of fused-ring (bicyclic) bond motifs is 2. The SMILES string of the molecule is O=C1NCCc2[nH]c(-c3cccc(/C=C/c4cc5ccccc5s4)c3)cc21. The Morgan fingerprint density at radius 2 is 1.89 bits per heavy atom. The van der Waals surface area contributed by atoms with Gasteiger partial charge in [-0.15, -0.1) is 11.3 Å². The van der Waals surface area contributed by atoms with Gasteiger partial charge < -0.3 is 10.3 Å². The van der Waals surface area contributed by atoms with Gasteiger partial charge >= 0.3 is 0 Å². The van der Waals surface area contributed by atoms with Crippen LogP contribution in [0.1, 0.15) is 26.5 Å². The summed E-state index contributed by atoms with van der Waals surface area (Å²) in [4.78, 5) is 16.6. The molecule has 1 aliphatic rings. The van der Waals surface area contributed by atoms with Gasteiger partial charge in [0.15, 0.2) is 0 Å². The largest absolute Gasteiger partial charge is 0.358 e. The number of hydrogen-bond donors (Lipinski definition) is 2. The maximum atomic E-state index is 12.0. The first-order chi connectivity index (χ1) is 13.3. The van der Waals surface area contributed by atoms with E-state index < -0.39 is 0 Å². The summed E-state index contributed by atoms with van der Waals surface area (Å²) >= 11 is 1.80. The highest BCUT2D eigenvalue weighted by molar-refractivity contribution is 7.19. The number of carbonyl (C=O) groups excluding carboxylic acids is 1. The number of carbonyl (C=O) groups is 1. The fraction of sp³-hybridized carbons (Fsp3) is 0.0870. The number of aromatic amines is 1. The molecule has 0 saturated heterocycles. The molecule has 132 valence electrons. The average molecular weight is 370 g/mol. The van der Waals surface area contributed by atoms with Crippen molar-refractivity contribution in [2.45, 2.75) is 6.42 Å². The van der Waals surface area contributed by atoms with E-state index in [-0.39, 0.29) is 5.91 Å². The van der Waals surface area contributed by atoms with E-state index in [1.807, 2.05) is 6.07 Å². The minimum atomic E-state index is 0.0135. The Bertz CT molecular complexity index is 1150. The molecule has 2 aromatic carbocycles. The van der Waals surface area contributed by atoms with Gasteiger partial charge in [0, 0.05) is 33.9 Å². The summed E-state index contributed by atoms with van der Waals surface area (Å²) in [6.45, 7) is 0.698. The van der Waals surface area contributed by atoms with Crippen molar-refractivity contribution in [1.29, 1.82) is 0 Å². The molecule has 5 rings (SSSR count). The highest BCUT2D eigenvalue weighted by Crippen LogP contribution is 2.28. The van der Waals surface area contributed by atoms with E-state index in [4.69, 9.17) is 0 Å². The maximum Gasteiger partial charge on any atom is 0.253 e. The average Bonchev–Trinajstić information content (AvgIpc) is 3.31. The second-order valence-electron chi connectivity index (χ2n) is 6.73. The molecule has 0 bridgehead atoms. The van der Waals surface area contributed by atoms with Crippen LogP contribution in [0.4, 0.5) is 0 Å². The smallest absolute Gasteiger partial charge is 0.253 e. The van der Waals surface area contributed by atoms with Crippen molar-refractivity contribution in [3.63, 3.8) is 0 Å². The van der Waals surface area contributed by atoms with Crippen LogP contribution in [0, 0.1) is 0 Å². The van der Waals surface area contributed by atoms with Crippen molar-refractivity contribution in [2.24, 2.45) is 0 Å². The topological polar surface area (TPSA) is 44.9 Å². The third kappa shape index (κ3) is 3.09. The Morgan fingerprint density at radius 3 is 2.78 bits per heavy atom. The Morgan fingerprint density at radius 1 is 0.963 bits per heavy atom. The molecule has 2 N–H and O–H groups in total. The van der Waals surface area contributed by atoms with E-state index in [0.29, 0.717) is 6.54 Å². The third-order valence-corrected chi connectivity index (χ3v) is 5.97. The van der Waals surface area contributed by atoms with Crippen LogP contribution in [0.2, 0.25) is 0 Å². The van der Waals surface area contributed by atoms with Crippen molar-refractivity contribution >= 4 is 39.5 Å². The van der Waals surface area contributed by atoms with Crippen molar-refractivity contribution < 1.29 is 4.79 Å². The van der Waals surface area contributed by atoms with E-state index >= 15 is 0 Å². The first-order valence-corrected chi connectivity index (χ1v) is 9.85.